The van der Waals surface area contributed by atoms with Crippen molar-refractivity contribution < 1.29 is 0 Å². The fraction of sp³-hybridized carbons (Fsp3) is 0.650. The minimum absolute atomic E-state index is 0. The van der Waals surface area contributed by atoms with Crippen LogP contribution in [0, 0.1) is 0 Å². The van der Waals surface area contributed by atoms with E-state index in [0.29, 0.717) is 0 Å². The fourth-order valence-corrected chi connectivity index (χ4v) is 3.79. The number of halogens is 1. The third-order valence-corrected chi connectivity index (χ3v) is 5.48. The summed E-state index contributed by atoms with van der Waals surface area (Å²) in [6.45, 7) is 10.8. The molecule has 0 bridgehead atoms. The highest BCUT2D eigenvalue weighted by molar-refractivity contribution is 14.0. The molecule has 2 rings (SSSR count). The molecule has 1 fully saturated rings. The Hall–Kier alpha value is -0.510. The number of likely N-dealkylation sites (N-methyl/N-ethyl adjacent to an activating group) is 1. The van der Waals surface area contributed by atoms with Crippen LogP contribution in [-0.2, 0) is 0 Å². The molecular formula is C20H36IN5S. The first-order valence-electron chi connectivity index (χ1n) is 9.89. The number of rotatable bonds is 9. The van der Waals surface area contributed by atoms with Crippen molar-refractivity contribution in [3.05, 3.63) is 30.3 Å². The van der Waals surface area contributed by atoms with E-state index in [0.717, 1.165) is 44.3 Å². The van der Waals surface area contributed by atoms with Gasteiger partial charge in [-0.3, -0.25) is 4.99 Å². The molecule has 0 aromatic heterocycles. The van der Waals surface area contributed by atoms with Gasteiger partial charge in [-0.05, 0) is 58.6 Å². The van der Waals surface area contributed by atoms with Crippen LogP contribution in [0.1, 0.15) is 19.8 Å². The Bertz CT molecular complexity index is 514. The van der Waals surface area contributed by atoms with Gasteiger partial charge < -0.3 is 20.4 Å². The molecule has 0 unspecified atom stereocenters. The summed E-state index contributed by atoms with van der Waals surface area (Å²) in [5.74, 6) is 1.98. The molecule has 1 saturated heterocycles. The second kappa shape index (κ2) is 15.4. The molecule has 1 aromatic carbocycles. The second-order valence-electron chi connectivity index (χ2n) is 6.70. The number of thioether (sulfide) groups is 1. The lowest BCUT2D eigenvalue weighted by Crippen LogP contribution is -2.38. The summed E-state index contributed by atoms with van der Waals surface area (Å²) in [7, 11) is 2.22. The van der Waals surface area contributed by atoms with Gasteiger partial charge in [0, 0.05) is 43.4 Å². The van der Waals surface area contributed by atoms with Crippen LogP contribution in [0.3, 0.4) is 0 Å². The summed E-state index contributed by atoms with van der Waals surface area (Å²) in [5, 5.41) is 6.79. The van der Waals surface area contributed by atoms with E-state index in [2.05, 4.69) is 64.7 Å². The summed E-state index contributed by atoms with van der Waals surface area (Å²) < 4.78 is 0. The predicted molar refractivity (Wildman–Crippen MR) is 130 cm³/mol. The second-order valence-corrected chi connectivity index (χ2v) is 7.87. The number of benzene rings is 1. The Labute approximate surface area is 186 Å². The number of guanidine groups is 1. The maximum absolute atomic E-state index is 4.73. The van der Waals surface area contributed by atoms with Crippen molar-refractivity contribution in [3.8, 4) is 0 Å². The van der Waals surface area contributed by atoms with Gasteiger partial charge in [-0.25, -0.2) is 0 Å². The minimum atomic E-state index is 0. The van der Waals surface area contributed by atoms with Gasteiger partial charge in [-0.1, -0.05) is 18.2 Å². The van der Waals surface area contributed by atoms with Crippen molar-refractivity contribution in [2.75, 3.05) is 65.2 Å². The van der Waals surface area contributed by atoms with Gasteiger partial charge >= 0.3 is 0 Å². The summed E-state index contributed by atoms with van der Waals surface area (Å²) in [6.07, 6.45) is 2.40. The van der Waals surface area contributed by atoms with E-state index >= 15 is 0 Å². The van der Waals surface area contributed by atoms with Crippen molar-refractivity contribution in [1.29, 1.82) is 0 Å². The van der Waals surface area contributed by atoms with Gasteiger partial charge in [-0.15, -0.1) is 35.7 Å². The molecule has 5 nitrogen and oxygen atoms in total. The van der Waals surface area contributed by atoms with Crippen LogP contribution >= 0.6 is 35.7 Å². The summed E-state index contributed by atoms with van der Waals surface area (Å²) in [6, 6.07) is 10.5. The van der Waals surface area contributed by atoms with Gasteiger partial charge in [0.25, 0.3) is 0 Å². The normalized spacial score (nSPS) is 16.4. The molecule has 1 aromatic rings. The highest BCUT2D eigenvalue weighted by atomic mass is 127. The van der Waals surface area contributed by atoms with Crippen LogP contribution in [0.5, 0.6) is 0 Å². The maximum Gasteiger partial charge on any atom is 0.191 e. The van der Waals surface area contributed by atoms with Crippen molar-refractivity contribution in [3.63, 3.8) is 0 Å². The average molecular weight is 506 g/mol. The van der Waals surface area contributed by atoms with Crippen molar-refractivity contribution in [2.24, 2.45) is 4.99 Å². The first-order valence-corrected chi connectivity index (χ1v) is 10.9. The lowest BCUT2D eigenvalue weighted by molar-refractivity contribution is 0.275. The number of hydrogen-bond acceptors (Lipinski definition) is 4. The van der Waals surface area contributed by atoms with E-state index in [4.69, 9.17) is 4.99 Å². The molecule has 1 heterocycles. The molecule has 27 heavy (non-hydrogen) atoms. The van der Waals surface area contributed by atoms with E-state index < -0.39 is 0 Å². The molecule has 0 spiro atoms. The Morgan fingerprint density at radius 2 is 1.93 bits per heavy atom. The highest BCUT2D eigenvalue weighted by Crippen LogP contribution is 2.15. The third-order valence-electron chi connectivity index (χ3n) is 4.47. The van der Waals surface area contributed by atoms with Crippen LogP contribution in [0.25, 0.3) is 0 Å². The van der Waals surface area contributed by atoms with E-state index in [9.17, 15) is 0 Å². The van der Waals surface area contributed by atoms with E-state index in [-0.39, 0.29) is 24.0 Å². The number of aliphatic imine (C=N–C) groups is 1. The van der Waals surface area contributed by atoms with Gasteiger partial charge in [-0.2, -0.15) is 0 Å². The van der Waals surface area contributed by atoms with Crippen LogP contribution in [0.15, 0.2) is 40.2 Å². The SMILES string of the molecule is CCNC(=NCCCN1CCCN(C)CC1)NCCSc1ccccc1.I. The molecular weight excluding hydrogens is 469 g/mol. The molecule has 0 saturated carbocycles. The largest absolute Gasteiger partial charge is 0.357 e. The van der Waals surface area contributed by atoms with Gasteiger partial charge in [0.05, 0.1) is 0 Å². The van der Waals surface area contributed by atoms with Gasteiger partial charge in [0.2, 0.25) is 0 Å². The molecule has 7 heteroatoms. The summed E-state index contributed by atoms with van der Waals surface area (Å²) in [4.78, 5) is 11.1. The van der Waals surface area contributed by atoms with Crippen molar-refractivity contribution >= 4 is 41.7 Å². The van der Waals surface area contributed by atoms with Crippen LogP contribution in [-0.4, -0.2) is 80.9 Å². The zero-order valence-electron chi connectivity index (χ0n) is 16.8. The Kier molecular flexibility index (Phi) is 14.0. The zero-order valence-corrected chi connectivity index (χ0v) is 20.0. The van der Waals surface area contributed by atoms with E-state index in [1.54, 1.807) is 0 Å². The quantitative estimate of drug-likeness (QED) is 0.178. The molecule has 1 aliphatic heterocycles. The fourth-order valence-electron chi connectivity index (χ4n) is 3.01. The average Bonchev–Trinajstić information content (AvgIpc) is 2.87. The number of hydrogen-bond donors (Lipinski definition) is 2. The summed E-state index contributed by atoms with van der Waals surface area (Å²) in [5.41, 5.74) is 0. The van der Waals surface area contributed by atoms with E-state index in [1.165, 1.54) is 37.5 Å². The molecule has 0 aliphatic carbocycles. The monoisotopic (exact) mass is 505 g/mol. The molecule has 2 N–H and O–H groups in total. The van der Waals surface area contributed by atoms with Gasteiger partial charge in [0.1, 0.15) is 0 Å². The zero-order chi connectivity index (χ0) is 18.5. The van der Waals surface area contributed by atoms with Crippen LogP contribution in [0.4, 0.5) is 0 Å². The van der Waals surface area contributed by atoms with E-state index in [1.807, 2.05) is 11.8 Å². The lowest BCUT2D eigenvalue weighted by Gasteiger charge is -2.19. The number of nitrogens with zero attached hydrogens (tertiary/aromatic N) is 3. The molecule has 0 amide bonds. The Morgan fingerprint density at radius 1 is 1.11 bits per heavy atom. The third kappa shape index (κ3) is 11.2. The highest BCUT2D eigenvalue weighted by Gasteiger charge is 2.11. The first-order chi connectivity index (χ1) is 12.8. The maximum atomic E-state index is 4.73. The van der Waals surface area contributed by atoms with Crippen LogP contribution in [0.2, 0.25) is 0 Å². The van der Waals surface area contributed by atoms with Crippen LogP contribution < -0.4 is 10.6 Å². The smallest absolute Gasteiger partial charge is 0.191 e. The Balaban J connectivity index is 0.00000364. The van der Waals surface area contributed by atoms with Gasteiger partial charge in [0.15, 0.2) is 5.96 Å². The topological polar surface area (TPSA) is 42.9 Å². The standard InChI is InChI=1S/C20H35N5S.HI/c1-3-21-20(23-12-18-26-19-9-5-4-6-10-19)22-11-7-14-25-15-8-13-24(2)16-17-25;/h4-6,9-10H,3,7-8,11-18H2,1-2H3,(H2,21,22,23);1H. The lowest BCUT2D eigenvalue weighted by atomic mass is 10.3. The first kappa shape index (κ1) is 24.5. The molecule has 0 atom stereocenters. The number of nitrogens with one attached hydrogen (secondary N) is 2. The minimum Gasteiger partial charge on any atom is -0.357 e. The Morgan fingerprint density at radius 3 is 2.70 bits per heavy atom. The molecule has 154 valence electrons. The van der Waals surface area contributed by atoms with Crippen molar-refractivity contribution in [2.45, 2.75) is 24.7 Å². The molecule has 0 radical (unpaired) electrons. The predicted octanol–water partition coefficient (Wildman–Crippen LogP) is 2.98. The summed E-state index contributed by atoms with van der Waals surface area (Å²) >= 11 is 1.87. The molecule has 1 aliphatic rings. The van der Waals surface area contributed by atoms with Crippen molar-refractivity contribution in [1.82, 2.24) is 20.4 Å².